The molecule has 1 fully saturated rings. The number of H-pyrrole nitrogens is 2. The van der Waals surface area contributed by atoms with E-state index < -0.39 is 0 Å². The van der Waals surface area contributed by atoms with Crippen LogP contribution >= 0.6 is 0 Å². The fraction of sp³-hybridized carbons (Fsp3) is 0.455. The molecule has 1 amide bonds. The van der Waals surface area contributed by atoms with Gasteiger partial charge in [0.05, 0.1) is 0 Å². The van der Waals surface area contributed by atoms with E-state index in [9.17, 15) is 4.79 Å². The number of carbonyl (C=O) groups is 1. The number of piperidine rings is 1. The fourth-order valence-corrected chi connectivity index (χ4v) is 2.37. The van der Waals surface area contributed by atoms with Gasteiger partial charge in [-0.1, -0.05) is 0 Å². The summed E-state index contributed by atoms with van der Waals surface area (Å²) in [7, 11) is 0. The van der Waals surface area contributed by atoms with E-state index in [-0.39, 0.29) is 5.91 Å². The van der Waals surface area contributed by atoms with Crippen molar-refractivity contribution < 1.29 is 4.79 Å². The molecule has 2 aromatic heterocycles. The first-order valence-corrected chi connectivity index (χ1v) is 5.98. The van der Waals surface area contributed by atoms with Crippen molar-refractivity contribution in [3.05, 3.63) is 30.1 Å². The van der Waals surface area contributed by atoms with Crippen molar-refractivity contribution >= 4 is 5.91 Å². The second-order valence-electron chi connectivity index (χ2n) is 4.44. The lowest BCUT2D eigenvalue weighted by molar-refractivity contribution is 0.0694. The van der Waals surface area contributed by atoms with E-state index in [1.807, 2.05) is 11.0 Å². The molecule has 2 aromatic rings. The van der Waals surface area contributed by atoms with E-state index in [4.69, 9.17) is 0 Å². The molecule has 1 aliphatic heterocycles. The quantitative estimate of drug-likeness (QED) is 0.809. The molecule has 3 rings (SSSR count). The van der Waals surface area contributed by atoms with Gasteiger partial charge in [0.15, 0.2) is 0 Å². The number of aromatic amines is 2. The predicted molar refractivity (Wildman–Crippen MR) is 62.8 cm³/mol. The van der Waals surface area contributed by atoms with Crippen molar-refractivity contribution in [1.29, 1.82) is 0 Å². The minimum absolute atomic E-state index is 0.0864. The summed E-state index contributed by atoms with van der Waals surface area (Å²) < 4.78 is 0. The van der Waals surface area contributed by atoms with Crippen LogP contribution in [-0.2, 0) is 0 Å². The minimum atomic E-state index is -0.0864. The van der Waals surface area contributed by atoms with Gasteiger partial charge in [0.2, 0.25) is 5.82 Å². The van der Waals surface area contributed by atoms with Gasteiger partial charge in [0, 0.05) is 30.9 Å². The molecule has 0 unspecified atom stereocenters. The second kappa shape index (κ2) is 4.59. The molecule has 0 aromatic carbocycles. The molecule has 2 N–H and O–H groups in total. The van der Waals surface area contributed by atoms with Crippen LogP contribution in [0.1, 0.15) is 35.1 Å². The van der Waals surface area contributed by atoms with Crippen LogP contribution in [0.15, 0.2) is 18.6 Å². The van der Waals surface area contributed by atoms with Crippen molar-refractivity contribution in [3.63, 3.8) is 0 Å². The van der Waals surface area contributed by atoms with Crippen LogP contribution < -0.4 is 0 Å². The molecule has 0 radical (unpaired) electrons. The summed E-state index contributed by atoms with van der Waals surface area (Å²) in [6.07, 6.45) is 5.15. The van der Waals surface area contributed by atoms with Gasteiger partial charge in [-0.3, -0.25) is 15.0 Å². The number of nitrogens with zero attached hydrogens (tertiary/aromatic N) is 4. The predicted octanol–water partition coefficient (Wildman–Crippen LogP) is 0.548. The molecule has 1 atom stereocenters. The van der Waals surface area contributed by atoms with Crippen LogP contribution in [0.2, 0.25) is 0 Å². The van der Waals surface area contributed by atoms with E-state index in [0.29, 0.717) is 18.3 Å². The fourth-order valence-electron chi connectivity index (χ4n) is 2.37. The van der Waals surface area contributed by atoms with Gasteiger partial charge in [-0.25, -0.2) is 4.98 Å². The Labute approximate surface area is 104 Å². The Morgan fingerprint density at radius 3 is 3.06 bits per heavy atom. The third kappa shape index (κ3) is 1.99. The number of likely N-dealkylation sites (tertiary alicyclic amines) is 1. The van der Waals surface area contributed by atoms with Crippen LogP contribution in [0.25, 0.3) is 0 Å². The van der Waals surface area contributed by atoms with Crippen molar-refractivity contribution in [2.45, 2.75) is 18.8 Å². The van der Waals surface area contributed by atoms with Crippen molar-refractivity contribution in [1.82, 2.24) is 30.3 Å². The minimum Gasteiger partial charge on any atom is -0.335 e. The molecule has 0 bridgehead atoms. The molecule has 3 heterocycles. The molecule has 94 valence electrons. The maximum atomic E-state index is 12.1. The van der Waals surface area contributed by atoms with Crippen LogP contribution in [0, 0.1) is 0 Å². The number of rotatable bonds is 2. The highest BCUT2D eigenvalue weighted by Crippen LogP contribution is 2.25. The summed E-state index contributed by atoms with van der Waals surface area (Å²) in [5, 5.41) is 13.3. The van der Waals surface area contributed by atoms with Crippen LogP contribution in [0.5, 0.6) is 0 Å². The highest BCUT2D eigenvalue weighted by atomic mass is 16.2. The molecular formula is C11H14N6O. The largest absolute Gasteiger partial charge is 0.335 e. The molecule has 1 saturated heterocycles. The summed E-state index contributed by atoms with van der Waals surface area (Å²) in [6.45, 7) is 1.46. The van der Waals surface area contributed by atoms with Gasteiger partial charge >= 0.3 is 0 Å². The third-order valence-corrected chi connectivity index (χ3v) is 3.29. The van der Waals surface area contributed by atoms with Crippen molar-refractivity contribution in [2.75, 3.05) is 13.1 Å². The number of carbonyl (C=O) groups excluding carboxylic acids is 1. The normalized spacial score (nSPS) is 20.0. The smallest absolute Gasteiger partial charge is 0.291 e. The van der Waals surface area contributed by atoms with E-state index in [1.165, 1.54) is 6.33 Å². The Bertz CT molecular complexity index is 506. The Morgan fingerprint density at radius 2 is 2.33 bits per heavy atom. The van der Waals surface area contributed by atoms with E-state index >= 15 is 0 Å². The molecule has 7 heteroatoms. The number of amides is 1. The lowest BCUT2D eigenvalue weighted by Crippen LogP contribution is -2.39. The average Bonchev–Trinajstić information content (AvgIpc) is 3.11. The first-order chi connectivity index (χ1) is 8.84. The van der Waals surface area contributed by atoms with Gasteiger partial charge in [-0.2, -0.15) is 10.2 Å². The summed E-state index contributed by atoms with van der Waals surface area (Å²) in [5.74, 6) is 0.546. The summed E-state index contributed by atoms with van der Waals surface area (Å²) >= 11 is 0. The van der Waals surface area contributed by atoms with Crippen LogP contribution in [-0.4, -0.2) is 49.3 Å². The van der Waals surface area contributed by atoms with Crippen LogP contribution in [0.4, 0.5) is 0 Å². The van der Waals surface area contributed by atoms with Gasteiger partial charge < -0.3 is 4.90 Å². The molecule has 7 nitrogen and oxygen atoms in total. The van der Waals surface area contributed by atoms with Gasteiger partial charge in [-0.05, 0) is 18.9 Å². The zero-order valence-electron chi connectivity index (χ0n) is 9.83. The first kappa shape index (κ1) is 10.9. The van der Waals surface area contributed by atoms with Gasteiger partial charge in [-0.15, -0.1) is 0 Å². The molecule has 18 heavy (non-hydrogen) atoms. The number of nitrogens with one attached hydrogen (secondary N) is 2. The Balaban J connectivity index is 1.73. The Hall–Kier alpha value is -2.18. The highest BCUT2D eigenvalue weighted by molar-refractivity contribution is 5.90. The number of hydrogen-bond acceptors (Lipinski definition) is 4. The molecule has 0 saturated carbocycles. The highest BCUT2D eigenvalue weighted by Gasteiger charge is 2.27. The topological polar surface area (TPSA) is 90.6 Å². The lowest BCUT2D eigenvalue weighted by Gasteiger charge is -2.31. The zero-order valence-corrected chi connectivity index (χ0v) is 9.83. The zero-order chi connectivity index (χ0) is 12.4. The molecular weight excluding hydrogens is 232 g/mol. The summed E-state index contributed by atoms with van der Waals surface area (Å²) in [4.78, 5) is 17.9. The van der Waals surface area contributed by atoms with E-state index in [2.05, 4.69) is 25.4 Å². The summed E-state index contributed by atoms with van der Waals surface area (Å²) in [5.41, 5.74) is 1.09. The monoisotopic (exact) mass is 246 g/mol. The van der Waals surface area contributed by atoms with Crippen LogP contribution in [0.3, 0.4) is 0 Å². The SMILES string of the molecule is O=C(c1ncn[nH]1)N1CCC[C@@H](c2ccn[nH]2)C1. The lowest BCUT2D eigenvalue weighted by atomic mass is 9.95. The maximum Gasteiger partial charge on any atom is 0.291 e. The molecule has 0 aliphatic carbocycles. The standard InChI is InChI=1S/C11H14N6O/c18-11(10-12-7-14-16-10)17-5-1-2-8(6-17)9-3-4-13-15-9/h3-4,7-8H,1-2,5-6H2,(H,13,15)(H,12,14,16)/t8-/m1/s1. The van der Waals surface area contributed by atoms with E-state index in [1.54, 1.807) is 6.20 Å². The number of hydrogen-bond donors (Lipinski definition) is 2. The summed E-state index contributed by atoms with van der Waals surface area (Å²) in [6, 6.07) is 1.97. The third-order valence-electron chi connectivity index (χ3n) is 3.29. The average molecular weight is 246 g/mol. The Kier molecular flexibility index (Phi) is 2.79. The molecule has 0 spiro atoms. The second-order valence-corrected chi connectivity index (χ2v) is 4.44. The van der Waals surface area contributed by atoms with E-state index in [0.717, 1.165) is 25.1 Å². The maximum absolute atomic E-state index is 12.1. The van der Waals surface area contributed by atoms with Gasteiger partial charge in [0.25, 0.3) is 5.91 Å². The Morgan fingerprint density at radius 1 is 1.39 bits per heavy atom. The number of aromatic nitrogens is 5. The first-order valence-electron chi connectivity index (χ1n) is 5.98. The molecule has 1 aliphatic rings. The van der Waals surface area contributed by atoms with Crippen molar-refractivity contribution in [3.8, 4) is 0 Å². The van der Waals surface area contributed by atoms with Crippen molar-refractivity contribution in [2.24, 2.45) is 0 Å². The van der Waals surface area contributed by atoms with Gasteiger partial charge in [0.1, 0.15) is 6.33 Å².